The molecule has 4 rings (SSSR count). The number of hydrogen-bond donors (Lipinski definition) is 0. The van der Waals surface area contributed by atoms with E-state index in [1.165, 1.54) is 44.8 Å². The molecular weight excluding hydrogens is 460 g/mol. The molecule has 0 saturated carbocycles. The van der Waals surface area contributed by atoms with E-state index in [9.17, 15) is 18.0 Å². The number of ether oxygens (including phenoxy) is 1. The van der Waals surface area contributed by atoms with Crippen LogP contribution >= 0.6 is 11.3 Å². The number of likely N-dealkylation sites (N-methyl/N-ethyl adjacent to an activating group) is 1. The van der Waals surface area contributed by atoms with E-state index in [4.69, 9.17) is 4.74 Å². The molecule has 0 unspecified atom stereocenters. The van der Waals surface area contributed by atoms with Gasteiger partial charge in [-0.1, -0.05) is 36.4 Å². The van der Waals surface area contributed by atoms with E-state index < -0.39 is 22.6 Å². The second kappa shape index (κ2) is 9.86. The van der Waals surface area contributed by atoms with E-state index in [0.717, 1.165) is 16.0 Å². The highest BCUT2D eigenvalue weighted by Gasteiger charge is 2.29. The summed E-state index contributed by atoms with van der Waals surface area (Å²) in [6.07, 6.45) is 0.637. The normalized spacial score (nSPS) is 13.8. The maximum Gasteiger partial charge on any atom is 0.338 e. The number of amides is 1. The first-order valence-electron chi connectivity index (χ1n) is 10.4. The lowest BCUT2D eigenvalue weighted by Crippen LogP contribution is -2.36. The molecule has 2 aromatic carbocycles. The van der Waals surface area contributed by atoms with E-state index in [2.05, 4.69) is 0 Å². The third kappa shape index (κ3) is 5.32. The van der Waals surface area contributed by atoms with Crippen LogP contribution in [0.3, 0.4) is 0 Å². The lowest BCUT2D eigenvalue weighted by molar-refractivity contribution is -0.133. The second-order valence-corrected chi connectivity index (χ2v) is 10.8. The maximum absolute atomic E-state index is 13.2. The number of sulfonamides is 1. The van der Waals surface area contributed by atoms with E-state index in [1.807, 2.05) is 41.8 Å². The molecule has 0 spiro atoms. The van der Waals surface area contributed by atoms with Crippen molar-refractivity contribution in [2.45, 2.75) is 24.4 Å². The van der Waals surface area contributed by atoms with Crippen molar-refractivity contribution in [2.75, 3.05) is 20.2 Å². The summed E-state index contributed by atoms with van der Waals surface area (Å²) in [5, 5.41) is 1.93. The van der Waals surface area contributed by atoms with E-state index in [0.29, 0.717) is 19.5 Å². The first kappa shape index (κ1) is 23.2. The van der Waals surface area contributed by atoms with Gasteiger partial charge in [0.15, 0.2) is 6.61 Å². The van der Waals surface area contributed by atoms with Crippen LogP contribution in [0.2, 0.25) is 0 Å². The molecule has 9 heteroatoms. The van der Waals surface area contributed by atoms with Gasteiger partial charge in [0, 0.05) is 25.0 Å². The summed E-state index contributed by atoms with van der Waals surface area (Å²) < 4.78 is 33.0. The van der Waals surface area contributed by atoms with Gasteiger partial charge in [0.1, 0.15) is 0 Å². The maximum atomic E-state index is 13.2. The average molecular weight is 485 g/mol. The largest absolute Gasteiger partial charge is 0.452 e. The van der Waals surface area contributed by atoms with E-state index >= 15 is 0 Å². The van der Waals surface area contributed by atoms with Gasteiger partial charge in [-0.2, -0.15) is 4.31 Å². The van der Waals surface area contributed by atoms with E-state index in [-0.39, 0.29) is 22.9 Å². The van der Waals surface area contributed by atoms with Crippen molar-refractivity contribution in [1.82, 2.24) is 9.21 Å². The number of thiophene rings is 1. The predicted molar refractivity (Wildman–Crippen MR) is 125 cm³/mol. The minimum atomic E-state index is -3.78. The smallest absolute Gasteiger partial charge is 0.338 e. The van der Waals surface area contributed by atoms with Crippen molar-refractivity contribution in [3.05, 3.63) is 87.6 Å². The number of carbonyl (C=O) groups is 2. The summed E-state index contributed by atoms with van der Waals surface area (Å²) in [5.74, 6) is -1.08. The van der Waals surface area contributed by atoms with Gasteiger partial charge in [-0.25, -0.2) is 13.2 Å². The topological polar surface area (TPSA) is 84.0 Å². The molecule has 7 nitrogen and oxygen atoms in total. The molecule has 1 amide bonds. The van der Waals surface area contributed by atoms with Crippen LogP contribution in [0.15, 0.2) is 70.9 Å². The number of rotatable bonds is 7. The summed E-state index contributed by atoms with van der Waals surface area (Å²) in [5.41, 5.74) is 2.21. The molecule has 0 N–H and O–H groups in total. The van der Waals surface area contributed by atoms with Gasteiger partial charge < -0.3 is 9.64 Å². The van der Waals surface area contributed by atoms with Gasteiger partial charge in [-0.3, -0.25) is 4.79 Å². The predicted octanol–water partition coefficient (Wildman–Crippen LogP) is 3.31. The fourth-order valence-electron chi connectivity index (χ4n) is 3.65. The zero-order valence-electron chi connectivity index (χ0n) is 18.1. The van der Waals surface area contributed by atoms with Gasteiger partial charge in [-0.05, 0) is 47.2 Å². The minimum Gasteiger partial charge on any atom is -0.452 e. The van der Waals surface area contributed by atoms with Gasteiger partial charge in [0.05, 0.1) is 17.0 Å². The minimum absolute atomic E-state index is 0.0254. The van der Waals surface area contributed by atoms with Crippen molar-refractivity contribution < 1.29 is 22.7 Å². The van der Waals surface area contributed by atoms with Crippen LogP contribution < -0.4 is 0 Å². The van der Waals surface area contributed by atoms with Crippen LogP contribution in [0.1, 0.15) is 26.4 Å². The molecule has 1 aromatic heterocycles. The average Bonchev–Trinajstić information content (AvgIpc) is 3.35. The quantitative estimate of drug-likeness (QED) is 0.481. The number of benzene rings is 2. The highest BCUT2D eigenvalue weighted by atomic mass is 32.2. The Morgan fingerprint density at radius 2 is 1.85 bits per heavy atom. The molecule has 0 aliphatic carbocycles. The lowest BCUT2D eigenvalue weighted by Gasteiger charge is -2.28. The highest BCUT2D eigenvalue weighted by molar-refractivity contribution is 7.89. The zero-order chi connectivity index (χ0) is 23.4. The highest BCUT2D eigenvalue weighted by Crippen LogP contribution is 2.25. The van der Waals surface area contributed by atoms with Crippen molar-refractivity contribution in [3.63, 3.8) is 0 Å². The third-order valence-corrected chi connectivity index (χ3v) is 8.23. The molecule has 1 aliphatic rings. The Morgan fingerprint density at radius 3 is 2.61 bits per heavy atom. The fourth-order valence-corrected chi connectivity index (χ4v) is 5.88. The molecule has 0 bridgehead atoms. The first-order valence-corrected chi connectivity index (χ1v) is 12.8. The Hall–Kier alpha value is -3.01. The summed E-state index contributed by atoms with van der Waals surface area (Å²) in [6, 6.07) is 17.4. The van der Waals surface area contributed by atoms with Crippen LogP contribution in [0, 0.1) is 0 Å². The van der Waals surface area contributed by atoms with Crippen molar-refractivity contribution in [3.8, 4) is 0 Å². The molecule has 0 radical (unpaired) electrons. The molecule has 1 aliphatic heterocycles. The van der Waals surface area contributed by atoms with Crippen molar-refractivity contribution in [1.29, 1.82) is 0 Å². The third-order valence-electron chi connectivity index (χ3n) is 5.53. The summed E-state index contributed by atoms with van der Waals surface area (Å²) in [6.45, 7) is 0.679. The monoisotopic (exact) mass is 484 g/mol. The Bertz CT molecular complexity index is 1260. The Morgan fingerprint density at radius 1 is 1.06 bits per heavy atom. The number of fused-ring (bicyclic) bond motifs is 1. The first-order chi connectivity index (χ1) is 15.8. The Balaban J connectivity index is 1.40. The summed E-state index contributed by atoms with van der Waals surface area (Å²) >= 11 is 1.54. The molecule has 3 aromatic rings. The van der Waals surface area contributed by atoms with Crippen LogP contribution in [0.4, 0.5) is 0 Å². The molecule has 0 saturated heterocycles. The lowest BCUT2D eigenvalue weighted by atomic mass is 10.0. The summed E-state index contributed by atoms with van der Waals surface area (Å²) in [4.78, 5) is 27.3. The van der Waals surface area contributed by atoms with Crippen LogP contribution in [0.5, 0.6) is 0 Å². The van der Waals surface area contributed by atoms with Gasteiger partial charge in [0.2, 0.25) is 10.0 Å². The standard InChI is InChI=1S/C24H24N2O5S2/c1-25(16-21-9-5-13-32-21)23(27)17-31-24(28)19-8-4-10-22(14-19)33(29,30)26-12-11-18-6-2-3-7-20(18)15-26/h2-10,13-14H,11-12,15-17H2,1H3. The number of carbonyl (C=O) groups excluding carboxylic acids is 2. The number of nitrogens with zero attached hydrogens (tertiary/aromatic N) is 2. The van der Waals surface area contributed by atoms with E-state index in [1.54, 1.807) is 7.05 Å². The fraction of sp³-hybridized carbons (Fsp3) is 0.250. The molecule has 33 heavy (non-hydrogen) atoms. The van der Waals surface area contributed by atoms with Crippen LogP contribution in [-0.4, -0.2) is 49.7 Å². The molecule has 0 fully saturated rings. The SMILES string of the molecule is CN(Cc1cccs1)C(=O)COC(=O)c1cccc(S(=O)(=O)N2CCc3ccccc3C2)c1. The Labute approximate surface area is 197 Å². The Kier molecular flexibility index (Phi) is 6.92. The molecular formula is C24H24N2O5S2. The van der Waals surface area contributed by atoms with Crippen LogP contribution in [-0.2, 0) is 39.1 Å². The van der Waals surface area contributed by atoms with Crippen molar-refractivity contribution in [2.24, 2.45) is 0 Å². The molecule has 172 valence electrons. The summed E-state index contributed by atoms with van der Waals surface area (Å²) in [7, 11) is -2.14. The van der Waals surface area contributed by atoms with Gasteiger partial charge in [0.25, 0.3) is 5.91 Å². The second-order valence-electron chi connectivity index (χ2n) is 7.79. The van der Waals surface area contributed by atoms with Crippen molar-refractivity contribution >= 4 is 33.2 Å². The number of esters is 1. The molecule has 0 atom stereocenters. The number of hydrogen-bond acceptors (Lipinski definition) is 6. The zero-order valence-corrected chi connectivity index (χ0v) is 19.8. The molecule has 2 heterocycles. The van der Waals surface area contributed by atoms with Gasteiger partial charge in [-0.15, -0.1) is 11.3 Å². The van der Waals surface area contributed by atoms with Crippen LogP contribution in [0.25, 0.3) is 0 Å². The van der Waals surface area contributed by atoms with Gasteiger partial charge >= 0.3 is 5.97 Å².